The fourth-order valence-corrected chi connectivity index (χ4v) is 3.38. The lowest BCUT2D eigenvalue weighted by molar-refractivity contribution is 1.30. The van der Waals surface area contributed by atoms with Gasteiger partial charge in [0.1, 0.15) is 10.8 Å². The fourth-order valence-electron chi connectivity index (χ4n) is 2.07. The summed E-state index contributed by atoms with van der Waals surface area (Å²) in [5.74, 6) is 0. The quantitative estimate of drug-likeness (QED) is 0.393. The number of nitrogens with one attached hydrogen (secondary N) is 1. The number of benzene rings is 1. The van der Waals surface area contributed by atoms with Crippen molar-refractivity contribution in [3.63, 3.8) is 0 Å². The molecule has 0 bridgehead atoms. The molecule has 0 spiro atoms. The normalized spacial score (nSPS) is 11.4. The Morgan fingerprint density at radius 3 is 2.60 bits per heavy atom. The molecule has 1 N–H and O–H groups in total. The van der Waals surface area contributed by atoms with Crippen LogP contribution >= 0.6 is 46.6 Å². The molecule has 0 atom stereocenters. The van der Waals surface area contributed by atoms with E-state index in [9.17, 15) is 4.79 Å². The van der Waals surface area contributed by atoms with Crippen LogP contribution in [0.1, 0.15) is 0 Å². The minimum atomic E-state index is -0.146. The van der Waals surface area contributed by atoms with Crippen LogP contribution in [0.4, 0.5) is 0 Å². The van der Waals surface area contributed by atoms with Crippen molar-refractivity contribution >= 4 is 68.5 Å². The summed E-state index contributed by atoms with van der Waals surface area (Å²) in [5.41, 5.74) is 0.912. The fraction of sp³-hybridized carbons (Fsp3) is 0.0769. The first-order chi connectivity index (χ1) is 9.52. The van der Waals surface area contributed by atoms with Gasteiger partial charge < -0.3 is 4.98 Å². The van der Waals surface area contributed by atoms with Gasteiger partial charge in [-0.1, -0.05) is 34.8 Å². The van der Waals surface area contributed by atoms with E-state index in [1.54, 1.807) is 12.1 Å². The van der Waals surface area contributed by atoms with Gasteiger partial charge in [0.05, 0.1) is 20.9 Å². The van der Waals surface area contributed by atoms with E-state index in [4.69, 9.17) is 34.8 Å². The summed E-state index contributed by atoms with van der Waals surface area (Å²) in [5, 5.41) is 1.94. The van der Waals surface area contributed by atoms with Crippen molar-refractivity contribution in [2.24, 2.45) is 0 Å². The zero-order chi connectivity index (χ0) is 14.4. The van der Waals surface area contributed by atoms with Crippen LogP contribution in [0.3, 0.4) is 0 Å². The Bertz CT molecular complexity index is 908. The van der Waals surface area contributed by atoms with Crippen molar-refractivity contribution in [1.29, 1.82) is 0 Å². The molecular weight excluding hydrogens is 339 g/mol. The first kappa shape index (κ1) is 14.0. The zero-order valence-corrected chi connectivity index (χ0v) is 13.2. The lowest BCUT2D eigenvalue weighted by Crippen LogP contribution is -2.06. The number of hydrogen-bond acceptors (Lipinski definition) is 3. The number of H-pyrrole nitrogens is 1. The summed E-state index contributed by atoms with van der Waals surface area (Å²) in [4.78, 5) is 20.6. The second kappa shape index (κ2) is 5.11. The summed E-state index contributed by atoms with van der Waals surface area (Å²) in [7, 11) is 0. The molecule has 3 aromatic rings. The van der Waals surface area contributed by atoms with Crippen molar-refractivity contribution in [2.75, 3.05) is 6.26 Å². The SMILES string of the molecule is CSc1c(Cl)ccc2c(=O)c3cc(Cl)c(Cl)nc3[nH]c12. The van der Waals surface area contributed by atoms with Crippen molar-refractivity contribution in [1.82, 2.24) is 9.97 Å². The molecule has 102 valence electrons. The second-order valence-corrected chi connectivity index (χ2v) is 6.10. The average molecular weight is 346 g/mol. The molecule has 0 aliphatic carbocycles. The van der Waals surface area contributed by atoms with E-state index in [2.05, 4.69) is 9.97 Å². The molecule has 20 heavy (non-hydrogen) atoms. The molecule has 0 aliphatic heterocycles. The summed E-state index contributed by atoms with van der Waals surface area (Å²) in [6, 6.07) is 4.93. The number of rotatable bonds is 1. The van der Waals surface area contributed by atoms with Crippen LogP contribution < -0.4 is 5.43 Å². The molecule has 1 aromatic carbocycles. The highest BCUT2D eigenvalue weighted by atomic mass is 35.5. The van der Waals surface area contributed by atoms with E-state index in [1.165, 1.54) is 17.8 Å². The van der Waals surface area contributed by atoms with Crippen molar-refractivity contribution in [3.8, 4) is 0 Å². The number of hydrogen-bond donors (Lipinski definition) is 1. The standard InChI is InChI=1S/C13H7Cl3N2OS/c1-20-11-7(14)3-2-5-9(11)17-13-6(10(5)19)4-8(15)12(16)18-13/h2-4H,1H3,(H,17,18,19). The Kier molecular flexibility index (Phi) is 3.58. The molecule has 0 aliphatic rings. The molecule has 7 heteroatoms. The van der Waals surface area contributed by atoms with Gasteiger partial charge in [-0.2, -0.15) is 0 Å². The minimum absolute atomic E-state index is 0.146. The molecule has 3 rings (SSSR count). The van der Waals surface area contributed by atoms with Crippen molar-refractivity contribution in [2.45, 2.75) is 4.90 Å². The molecular formula is C13H7Cl3N2OS. The Balaban J connectivity index is 2.57. The first-order valence-electron chi connectivity index (χ1n) is 5.57. The smallest absolute Gasteiger partial charge is 0.198 e. The summed E-state index contributed by atoms with van der Waals surface area (Å²) in [6.45, 7) is 0. The van der Waals surface area contributed by atoms with Gasteiger partial charge in [-0.15, -0.1) is 11.8 Å². The van der Waals surface area contributed by atoms with Crippen LogP contribution in [0.5, 0.6) is 0 Å². The lowest BCUT2D eigenvalue weighted by atomic mass is 10.1. The van der Waals surface area contributed by atoms with Gasteiger partial charge >= 0.3 is 0 Å². The molecule has 3 nitrogen and oxygen atoms in total. The molecule has 0 fully saturated rings. The van der Waals surface area contributed by atoms with Gasteiger partial charge in [-0.3, -0.25) is 4.79 Å². The third-order valence-electron chi connectivity index (χ3n) is 2.98. The third kappa shape index (κ3) is 2.07. The summed E-state index contributed by atoms with van der Waals surface area (Å²) >= 11 is 19.4. The highest BCUT2D eigenvalue weighted by molar-refractivity contribution is 7.99. The lowest BCUT2D eigenvalue weighted by Gasteiger charge is -2.08. The van der Waals surface area contributed by atoms with Gasteiger partial charge in [0.2, 0.25) is 0 Å². The Morgan fingerprint density at radius 2 is 1.90 bits per heavy atom. The topological polar surface area (TPSA) is 45.8 Å². The molecule has 2 aromatic heterocycles. The average Bonchev–Trinajstić information content (AvgIpc) is 2.41. The number of pyridine rings is 2. The van der Waals surface area contributed by atoms with Crippen LogP contribution in [-0.4, -0.2) is 16.2 Å². The number of aromatic nitrogens is 2. The molecule has 0 saturated carbocycles. The van der Waals surface area contributed by atoms with E-state index in [0.717, 1.165) is 4.90 Å². The highest BCUT2D eigenvalue weighted by Gasteiger charge is 2.13. The van der Waals surface area contributed by atoms with Crippen molar-refractivity contribution < 1.29 is 0 Å². The molecule has 0 saturated heterocycles. The van der Waals surface area contributed by atoms with Crippen molar-refractivity contribution in [3.05, 3.63) is 43.6 Å². The molecule has 0 unspecified atom stereocenters. The Hall–Kier alpha value is -0.940. The molecule has 2 heterocycles. The maximum absolute atomic E-state index is 12.5. The number of thioether (sulfide) groups is 1. The monoisotopic (exact) mass is 344 g/mol. The summed E-state index contributed by atoms with van der Waals surface area (Å²) in [6.07, 6.45) is 1.89. The van der Waals surface area contributed by atoms with Crippen LogP contribution in [0.25, 0.3) is 21.9 Å². The summed E-state index contributed by atoms with van der Waals surface area (Å²) < 4.78 is 0. The highest BCUT2D eigenvalue weighted by Crippen LogP contribution is 2.32. The van der Waals surface area contributed by atoms with Gasteiger partial charge in [-0.25, -0.2) is 4.98 Å². The maximum Gasteiger partial charge on any atom is 0.198 e. The van der Waals surface area contributed by atoms with Crippen LogP contribution in [0.2, 0.25) is 15.2 Å². The predicted octanol–water partition coefficient (Wildman–Crippen LogP) is 4.76. The number of aromatic amines is 1. The number of nitrogens with zero attached hydrogens (tertiary/aromatic N) is 1. The Labute approximate surface area is 133 Å². The van der Waals surface area contributed by atoms with E-state index in [1.807, 2.05) is 6.26 Å². The first-order valence-corrected chi connectivity index (χ1v) is 7.93. The van der Waals surface area contributed by atoms with Gasteiger partial charge in [0.15, 0.2) is 5.43 Å². The van der Waals surface area contributed by atoms with E-state index in [0.29, 0.717) is 27.0 Å². The second-order valence-electron chi connectivity index (χ2n) is 4.11. The van der Waals surface area contributed by atoms with Crippen LogP contribution in [-0.2, 0) is 0 Å². The van der Waals surface area contributed by atoms with Crippen LogP contribution in [0, 0.1) is 0 Å². The van der Waals surface area contributed by atoms with Gasteiger partial charge in [0.25, 0.3) is 0 Å². The van der Waals surface area contributed by atoms with E-state index in [-0.39, 0.29) is 15.6 Å². The number of halogens is 3. The van der Waals surface area contributed by atoms with E-state index >= 15 is 0 Å². The van der Waals surface area contributed by atoms with Gasteiger partial charge in [-0.05, 0) is 24.5 Å². The number of fused-ring (bicyclic) bond motifs is 2. The minimum Gasteiger partial charge on any atom is -0.338 e. The zero-order valence-electron chi connectivity index (χ0n) is 10.1. The largest absolute Gasteiger partial charge is 0.338 e. The van der Waals surface area contributed by atoms with Gasteiger partial charge in [0, 0.05) is 10.3 Å². The maximum atomic E-state index is 12.5. The molecule has 0 radical (unpaired) electrons. The van der Waals surface area contributed by atoms with Crippen LogP contribution in [0.15, 0.2) is 27.9 Å². The predicted molar refractivity (Wildman–Crippen MR) is 86.7 cm³/mol. The molecule has 0 amide bonds. The third-order valence-corrected chi connectivity index (χ3v) is 4.91. The van der Waals surface area contributed by atoms with E-state index < -0.39 is 0 Å². The Morgan fingerprint density at radius 1 is 1.15 bits per heavy atom.